The van der Waals surface area contributed by atoms with Crippen LogP contribution in [0.1, 0.15) is 11.3 Å². The summed E-state index contributed by atoms with van der Waals surface area (Å²) < 4.78 is 54.0. The molecule has 27 heavy (non-hydrogen) atoms. The van der Waals surface area contributed by atoms with Crippen molar-refractivity contribution in [3.63, 3.8) is 0 Å². The molecule has 2 N–H and O–H groups in total. The monoisotopic (exact) mass is 383 g/mol. The molecule has 2 heterocycles. The molecule has 2 atom stereocenters. The van der Waals surface area contributed by atoms with Gasteiger partial charge in [-0.3, -0.25) is 4.79 Å². The van der Waals surface area contributed by atoms with Crippen LogP contribution >= 0.6 is 0 Å². The number of amides is 1. The number of carbonyl (C=O) groups is 1. The van der Waals surface area contributed by atoms with Crippen LogP contribution in [0.2, 0.25) is 0 Å². The first kappa shape index (κ1) is 18.9. The van der Waals surface area contributed by atoms with Crippen LogP contribution in [0, 0.1) is 17.7 Å². The van der Waals surface area contributed by atoms with E-state index in [-0.39, 0.29) is 18.8 Å². The number of halogens is 4. The van der Waals surface area contributed by atoms with E-state index in [1.807, 2.05) is 0 Å². The van der Waals surface area contributed by atoms with E-state index in [0.717, 1.165) is 35.4 Å². The highest BCUT2D eigenvalue weighted by Gasteiger charge is 2.38. The zero-order valence-corrected chi connectivity index (χ0v) is 13.6. The topological polar surface area (TPSA) is 78.6 Å². The summed E-state index contributed by atoms with van der Waals surface area (Å²) in [7, 11) is 0. The summed E-state index contributed by atoms with van der Waals surface area (Å²) in [5, 5.41) is 22.5. The Morgan fingerprint density at radius 1 is 1.15 bits per heavy atom. The Morgan fingerprint density at radius 2 is 1.74 bits per heavy atom. The van der Waals surface area contributed by atoms with Crippen molar-refractivity contribution in [1.29, 1.82) is 0 Å². The van der Waals surface area contributed by atoms with Gasteiger partial charge >= 0.3 is 6.18 Å². The van der Waals surface area contributed by atoms with Crippen LogP contribution in [0.15, 0.2) is 30.5 Å². The number of nitrogens with zero attached hydrogens (tertiary/aromatic N) is 3. The van der Waals surface area contributed by atoms with Crippen LogP contribution in [0.25, 0.3) is 5.69 Å². The quantitative estimate of drug-likeness (QED) is 0.568. The number of carbonyl (C=O) groups excluding carboxylic acids is 1. The highest BCUT2D eigenvalue weighted by Crippen LogP contribution is 2.33. The van der Waals surface area contributed by atoms with Gasteiger partial charge in [0.25, 0.3) is 5.91 Å². The third-order valence-corrected chi connectivity index (χ3v) is 3.96. The van der Waals surface area contributed by atoms with Gasteiger partial charge in [0.2, 0.25) is 0 Å². The van der Waals surface area contributed by atoms with Crippen molar-refractivity contribution in [2.24, 2.45) is 0 Å². The Hall–Kier alpha value is -2.90. The van der Waals surface area contributed by atoms with Crippen LogP contribution in [-0.2, 0) is 11.0 Å². The molecule has 0 unspecified atom stereocenters. The molecular weight excluding hydrogens is 370 g/mol. The minimum atomic E-state index is -4.82. The molecule has 0 aliphatic carbocycles. The number of alkyl halides is 3. The minimum absolute atomic E-state index is 0.0195. The van der Waals surface area contributed by atoms with E-state index < -0.39 is 41.4 Å². The fourth-order valence-corrected chi connectivity index (χ4v) is 2.63. The first-order chi connectivity index (χ1) is 12.7. The molecule has 10 heteroatoms. The van der Waals surface area contributed by atoms with Gasteiger partial charge < -0.3 is 15.1 Å². The first-order valence-electron chi connectivity index (χ1n) is 7.75. The Kier molecular flexibility index (Phi) is 4.91. The maximum Gasteiger partial charge on any atom is 0.434 e. The van der Waals surface area contributed by atoms with Crippen molar-refractivity contribution in [1.82, 2.24) is 14.7 Å². The van der Waals surface area contributed by atoms with E-state index in [2.05, 4.69) is 16.9 Å². The maximum atomic E-state index is 13.5. The van der Waals surface area contributed by atoms with Crippen LogP contribution in [0.5, 0.6) is 0 Å². The summed E-state index contributed by atoms with van der Waals surface area (Å²) in [5.41, 5.74) is -1.75. The van der Waals surface area contributed by atoms with Gasteiger partial charge in [0.15, 0.2) is 5.69 Å². The number of aromatic nitrogens is 2. The lowest BCUT2D eigenvalue weighted by Crippen LogP contribution is -2.28. The summed E-state index contributed by atoms with van der Waals surface area (Å²) in [6, 6.07) is 4.26. The Morgan fingerprint density at radius 3 is 2.30 bits per heavy atom. The molecule has 0 spiro atoms. The smallest absolute Gasteiger partial charge is 0.388 e. The van der Waals surface area contributed by atoms with Gasteiger partial charge in [0, 0.05) is 5.92 Å². The number of hydrogen-bond acceptors (Lipinski definition) is 4. The molecule has 2 aromatic rings. The number of aliphatic hydroxyl groups is 2. The maximum absolute atomic E-state index is 13.5. The van der Waals surface area contributed by atoms with E-state index in [0.29, 0.717) is 4.68 Å². The number of hydrogen-bond donors (Lipinski definition) is 2. The summed E-state index contributed by atoms with van der Waals surface area (Å²) in [6.45, 7) is -0.314. The third-order valence-electron chi connectivity index (χ3n) is 3.96. The molecule has 6 nitrogen and oxygen atoms in total. The second-order valence-electron chi connectivity index (χ2n) is 5.89. The molecule has 1 amide bonds. The van der Waals surface area contributed by atoms with E-state index in [1.54, 1.807) is 0 Å². The summed E-state index contributed by atoms with van der Waals surface area (Å²) in [6.07, 6.45) is -6.21. The molecular formula is C17H13F4N3O3. The second kappa shape index (κ2) is 7.02. The molecule has 1 fully saturated rings. The van der Waals surface area contributed by atoms with Crippen LogP contribution in [-0.4, -0.2) is 56.1 Å². The number of β-amino-alcohol motifs (C(OH)–C–C–N with tert-alkyl or cyclic N) is 2. The second-order valence-corrected chi connectivity index (χ2v) is 5.89. The standard InChI is InChI=1S/C17H13F4N3O3/c18-11-2-4-12(5-3-11)24-16(17(19,20)21)10(7-22-24)1-6-15(27)23-8-13(25)14(26)9-23/h2-5,7,13-14,25-26H,8-9H2/t13-,14+. The Bertz CT molecular complexity index is 902. The van der Waals surface area contributed by atoms with Crippen LogP contribution < -0.4 is 0 Å². The SMILES string of the molecule is O=C(C#Cc1cnn(-c2ccc(F)cc2)c1C(F)(F)F)N1C[C@@H](O)[C@@H](O)C1. The van der Waals surface area contributed by atoms with Crippen molar-refractivity contribution in [2.75, 3.05) is 13.1 Å². The highest BCUT2D eigenvalue weighted by atomic mass is 19.4. The normalized spacial score (nSPS) is 19.7. The summed E-state index contributed by atoms with van der Waals surface area (Å²) >= 11 is 0. The van der Waals surface area contributed by atoms with Crippen LogP contribution in [0.3, 0.4) is 0 Å². The van der Waals surface area contributed by atoms with Crippen LogP contribution in [0.4, 0.5) is 17.6 Å². The molecule has 0 radical (unpaired) electrons. The lowest BCUT2D eigenvalue weighted by atomic mass is 10.2. The Labute approximate surface area is 150 Å². The number of benzene rings is 1. The molecule has 3 rings (SSSR count). The van der Waals surface area contributed by atoms with Gasteiger partial charge in [-0.2, -0.15) is 18.3 Å². The molecule has 1 aromatic carbocycles. The zero-order chi connectivity index (χ0) is 19.8. The van der Waals surface area contributed by atoms with Gasteiger partial charge in [-0.05, 0) is 24.3 Å². The van der Waals surface area contributed by atoms with Crippen molar-refractivity contribution in [2.45, 2.75) is 18.4 Å². The van der Waals surface area contributed by atoms with E-state index >= 15 is 0 Å². The highest BCUT2D eigenvalue weighted by molar-refractivity contribution is 5.94. The van der Waals surface area contributed by atoms with E-state index in [4.69, 9.17) is 0 Å². The van der Waals surface area contributed by atoms with Gasteiger partial charge in [-0.25, -0.2) is 9.07 Å². The summed E-state index contributed by atoms with van der Waals surface area (Å²) in [4.78, 5) is 13.0. The van der Waals surface area contributed by atoms with Gasteiger partial charge in [0.05, 0.1) is 42.7 Å². The van der Waals surface area contributed by atoms with Gasteiger partial charge in [-0.15, -0.1) is 0 Å². The largest absolute Gasteiger partial charge is 0.434 e. The van der Waals surface area contributed by atoms with Gasteiger partial charge in [0.1, 0.15) is 5.82 Å². The summed E-state index contributed by atoms with van der Waals surface area (Å²) in [5.74, 6) is 2.78. The van der Waals surface area contributed by atoms with E-state index in [1.165, 1.54) is 0 Å². The van der Waals surface area contributed by atoms with Crippen molar-refractivity contribution >= 4 is 5.91 Å². The predicted molar refractivity (Wildman–Crippen MR) is 84.0 cm³/mol. The molecule has 142 valence electrons. The lowest BCUT2D eigenvalue weighted by Gasteiger charge is -2.11. The fraction of sp³-hybridized carbons (Fsp3) is 0.294. The fourth-order valence-electron chi connectivity index (χ4n) is 2.63. The predicted octanol–water partition coefficient (Wildman–Crippen LogP) is 0.946. The number of aliphatic hydroxyl groups excluding tert-OH is 2. The first-order valence-corrected chi connectivity index (χ1v) is 7.75. The average Bonchev–Trinajstić information content (AvgIpc) is 3.17. The lowest BCUT2D eigenvalue weighted by molar-refractivity contribution is -0.143. The van der Waals surface area contributed by atoms with E-state index in [9.17, 15) is 32.6 Å². The molecule has 1 aliphatic rings. The van der Waals surface area contributed by atoms with Crippen molar-refractivity contribution < 1.29 is 32.6 Å². The molecule has 1 saturated heterocycles. The molecule has 0 saturated carbocycles. The van der Waals surface area contributed by atoms with Crippen molar-refractivity contribution in [3.8, 4) is 17.5 Å². The minimum Gasteiger partial charge on any atom is -0.388 e. The molecule has 1 aliphatic heterocycles. The third kappa shape index (κ3) is 3.94. The number of likely N-dealkylation sites (tertiary alicyclic amines) is 1. The molecule has 0 bridgehead atoms. The molecule has 1 aromatic heterocycles. The average molecular weight is 383 g/mol. The zero-order valence-electron chi connectivity index (χ0n) is 13.6. The number of rotatable bonds is 1. The Balaban J connectivity index is 1.93. The van der Waals surface area contributed by atoms with Crippen molar-refractivity contribution in [3.05, 3.63) is 47.5 Å². The van der Waals surface area contributed by atoms with Gasteiger partial charge in [-0.1, -0.05) is 5.92 Å².